The molecule has 1 saturated heterocycles. The fourth-order valence-corrected chi connectivity index (χ4v) is 4.07. The summed E-state index contributed by atoms with van der Waals surface area (Å²) in [7, 11) is 0. The molecule has 3 aromatic rings. The van der Waals surface area contributed by atoms with Gasteiger partial charge in [-0.2, -0.15) is 0 Å². The van der Waals surface area contributed by atoms with Gasteiger partial charge in [-0.25, -0.2) is 4.98 Å². The topological polar surface area (TPSA) is 93.1 Å². The lowest BCUT2D eigenvalue weighted by Gasteiger charge is -2.35. The van der Waals surface area contributed by atoms with E-state index < -0.39 is 5.41 Å². The lowest BCUT2D eigenvalue weighted by atomic mass is 9.72. The van der Waals surface area contributed by atoms with Crippen LogP contribution in [-0.4, -0.2) is 27.3 Å². The SMILES string of the molecule is CCC1(c2ccc(NC(=O)CCn3cnc4ccccc43)cc2)CCC(=O)NC1=O. The summed E-state index contributed by atoms with van der Waals surface area (Å²) in [6, 6.07) is 15.1. The van der Waals surface area contributed by atoms with E-state index in [0.29, 0.717) is 37.9 Å². The van der Waals surface area contributed by atoms with E-state index in [2.05, 4.69) is 15.6 Å². The van der Waals surface area contributed by atoms with Crippen LogP contribution in [0.4, 0.5) is 5.69 Å². The minimum atomic E-state index is -0.696. The molecule has 2 N–H and O–H groups in total. The minimum Gasteiger partial charge on any atom is -0.330 e. The third-order valence-corrected chi connectivity index (χ3v) is 5.90. The van der Waals surface area contributed by atoms with Crippen LogP contribution in [0.2, 0.25) is 0 Å². The Kier molecular flexibility index (Phi) is 5.35. The zero-order valence-corrected chi connectivity index (χ0v) is 16.9. The molecule has 0 aliphatic carbocycles. The van der Waals surface area contributed by atoms with E-state index >= 15 is 0 Å². The molecule has 1 unspecified atom stereocenters. The first-order valence-electron chi connectivity index (χ1n) is 10.2. The standard InChI is InChI=1S/C23H24N4O3/c1-2-23(13-11-20(28)26-22(23)30)16-7-9-17(10-8-16)25-21(29)12-14-27-15-24-18-5-3-4-6-19(18)27/h3-10,15H,2,11-14H2,1H3,(H,25,29)(H,26,28,30). The predicted molar refractivity (Wildman–Crippen MR) is 114 cm³/mol. The van der Waals surface area contributed by atoms with Gasteiger partial charge in [0.15, 0.2) is 0 Å². The lowest BCUT2D eigenvalue weighted by Crippen LogP contribution is -2.51. The Bertz CT molecular complexity index is 1100. The summed E-state index contributed by atoms with van der Waals surface area (Å²) in [6.45, 7) is 2.49. The van der Waals surface area contributed by atoms with Gasteiger partial charge in [0.25, 0.3) is 0 Å². The summed E-state index contributed by atoms with van der Waals surface area (Å²) in [5.74, 6) is -0.559. The number of carbonyl (C=O) groups is 3. The summed E-state index contributed by atoms with van der Waals surface area (Å²) < 4.78 is 1.96. The Morgan fingerprint density at radius 1 is 1.17 bits per heavy atom. The van der Waals surface area contributed by atoms with Gasteiger partial charge in [-0.05, 0) is 42.7 Å². The maximum Gasteiger partial charge on any atom is 0.237 e. The van der Waals surface area contributed by atoms with Gasteiger partial charge >= 0.3 is 0 Å². The van der Waals surface area contributed by atoms with Crippen molar-refractivity contribution >= 4 is 34.4 Å². The Morgan fingerprint density at radius 3 is 2.67 bits per heavy atom. The molecule has 3 amide bonds. The third kappa shape index (κ3) is 3.70. The molecule has 7 heteroatoms. The number of anilines is 1. The molecule has 0 radical (unpaired) electrons. The highest BCUT2D eigenvalue weighted by molar-refractivity contribution is 6.03. The minimum absolute atomic E-state index is 0.0910. The van der Waals surface area contributed by atoms with Gasteiger partial charge < -0.3 is 9.88 Å². The number of imidazole rings is 1. The van der Waals surface area contributed by atoms with Crippen molar-refractivity contribution in [3.8, 4) is 0 Å². The number of imide groups is 1. The largest absolute Gasteiger partial charge is 0.330 e. The first-order chi connectivity index (χ1) is 14.5. The van der Waals surface area contributed by atoms with Gasteiger partial charge in [0.2, 0.25) is 17.7 Å². The zero-order valence-electron chi connectivity index (χ0n) is 16.9. The van der Waals surface area contributed by atoms with Crippen molar-refractivity contribution in [2.75, 3.05) is 5.32 Å². The number of aryl methyl sites for hydroxylation is 1. The second kappa shape index (κ2) is 8.10. The number of benzene rings is 2. The van der Waals surface area contributed by atoms with Crippen molar-refractivity contribution in [3.63, 3.8) is 0 Å². The van der Waals surface area contributed by atoms with Gasteiger partial charge in [-0.15, -0.1) is 0 Å². The van der Waals surface area contributed by atoms with Crippen LogP contribution in [0.1, 0.15) is 38.2 Å². The maximum absolute atomic E-state index is 12.5. The van der Waals surface area contributed by atoms with E-state index in [9.17, 15) is 14.4 Å². The highest BCUT2D eigenvalue weighted by atomic mass is 16.2. The normalized spacial score (nSPS) is 19.0. The number of nitrogens with one attached hydrogen (secondary N) is 2. The number of rotatable bonds is 6. The average molecular weight is 404 g/mol. The van der Waals surface area contributed by atoms with Gasteiger partial charge in [0.05, 0.1) is 22.8 Å². The van der Waals surface area contributed by atoms with Crippen molar-refractivity contribution in [3.05, 3.63) is 60.4 Å². The number of amides is 3. The predicted octanol–water partition coefficient (Wildman–Crippen LogP) is 3.15. The Morgan fingerprint density at radius 2 is 1.93 bits per heavy atom. The molecule has 0 spiro atoms. The number of para-hydroxylation sites is 2. The summed E-state index contributed by atoms with van der Waals surface area (Å²) in [5.41, 5.74) is 2.75. The Labute approximate surface area is 174 Å². The molecule has 2 aromatic carbocycles. The van der Waals surface area contributed by atoms with Crippen LogP contribution in [0.3, 0.4) is 0 Å². The molecular weight excluding hydrogens is 380 g/mol. The van der Waals surface area contributed by atoms with E-state index in [-0.39, 0.29) is 17.7 Å². The van der Waals surface area contributed by atoms with E-state index in [1.165, 1.54) is 0 Å². The van der Waals surface area contributed by atoms with Crippen LogP contribution >= 0.6 is 0 Å². The number of aromatic nitrogens is 2. The summed E-state index contributed by atoms with van der Waals surface area (Å²) in [4.78, 5) is 40.7. The smallest absolute Gasteiger partial charge is 0.237 e. The second-order valence-corrected chi connectivity index (χ2v) is 7.62. The molecule has 1 atom stereocenters. The first kappa shape index (κ1) is 19.8. The van der Waals surface area contributed by atoms with Crippen LogP contribution in [0.5, 0.6) is 0 Å². The van der Waals surface area contributed by atoms with Crippen molar-refractivity contribution in [2.45, 2.75) is 44.6 Å². The molecule has 1 aliphatic rings. The van der Waals surface area contributed by atoms with E-state index in [1.807, 2.05) is 47.9 Å². The fraction of sp³-hybridized carbons (Fsp3) is 0.304. The van der Waals surface area contributed by atoms with Crippen LogP contribution in [0, 0.1) is 0 Å². The van der Waals surface area contributed by atoms with Gasteiger partial charge in [-0.1, -0.05) is 31.2 Å². The number of fused-ring (bicyclic) bond motifs is 1. The molecule has 1 fully saturated rings. The zero-order chi connectivity index (χ0) is 21.1. The van der Waals surface area contributed by atoms with E-state index in [1.54, 1.807) is 18.5 Å². The van der Waals surface area contributed by atoms with Crippen LogP contribution in [-0.2, 0) is 26.3 Å². The van der Waals surface area contributed by atoms with Crippen molar-refractivity contribution < 1.29 is 14.4 Å². The number of piperidine rings is 1. The van der Waals surface area contributed by atoms with Crippen molar-refractivity contribution in [1.82, 2.24) is 14.9 Å². The number of nitrogens with zero attached hydrogens (tertiary/aromatic N) is 2. The highest BCUT2D eigenvalue weighted by Gasteiger charge is 2.42. The monoisotopic (exact) mass is 404 g/mol. The molecule has 1 aliphatic heterocycles. The summed E-state index contributed by atoms with van der Waals surface area (Å²) in [5, 5.41) is 5.36. The van der Waals surface area contributed by atoms with E-state index in [4.69, 9.17) is 0 Å². The lowest BCUT2D eigenvalue weighted by molar-refractivity contribution is -0.138. The van der Waals surface area contributed by atoms with Crippen molar-refractivity contribution in [2.24, 2.45) is 0 Å². The van der Waals surface area contributed by atoms with E-state index in [0.717, 1.165) is 16.6 Å². The van der Waals surface area contributed by atoms with Gasteiger partial charge in [-0.3, -0.25) is 19.7 Å². The third-order valence-electron chi connectivity index (χ3n) is 5.90. The van der Waals surface area contributed by atoms with Crippen LogP contribution < -0.4 is 10.6 Å². The van der Waals surface area contributed by atoms with Crippen molar-refractivity contribution in [1.29, 1.82) is 0 Å². The van der Waals surface area contributed by atoms with Gasteiger partial charge in [0.1, 0.15) is 0 Å². The molecule has 0 bridgehead atoms. The fourth-order valence-electron chi connectivity index (χ4n) is 4.07. The van der Waals surface area contributed by atoms with Crippen LogP contribution in [0.25, 0.3) is 11.0 Å². The molecule has 1 aromatic heterocycles. The highest BCUT2D eigenvalue weighted by Crippen LogP contribution is 2.36. The number of hydrogen-bond donors (Lipinski definition) is 2. The molecule has 154 valence electrons. The number of hydrogen-bond acceptors (Lipinski definition) is 4. The first-order valence-corrected chi connectivity index (χ1v) is 10.2. The summed E-state index contributed by atoms with van der Waals surface area (Å²) >= 11 is 0. The second-order valence-electron chi connectivity index (χ2n) is 7.62. The Balaban J connectivity index is 1.40. The molecular formula is C23H24N4O3. The Hall–Kier alpha value is -3.48. The molecule has 7 nitrogen and oxygen atoms in total. The summed E-state index contributed by atoms with van der Waals surface area (Å²) in [6.07, 6.45) is 3.51. The maximum atomic E-state index is 12.5. The molecule has 0 saturated carbocycles. The average Bonchev–Trinajstić information content (AvgIpc) is 3.17. The quantitative estimate of drug-likeness (QED) is 0.617. The molecule has 4 rings (SSSR count). The van der Waals surface area contributed by atoms with Gasteiger partial charge in [0, 0.05) is 25.1 Å². The molecule has 30 heavy (non-hydrogen) atoms. The van der Waals surface area contributed by atoms with Crippen LogP contribution in [0.15, 0.2) is 54.9 Å². The molecule has 2 heterocycles. The number of carbonyl (C=O) groups excluding carboxylic acids is 3.